The minimum Gasteiger partial charge on any atom is -0.388 e. The molecule has 19 heavy (non-hydrogen) atoms. The van der Waals surface area contributed by atoms with Gasteiger partial charge in [-0.1, -0.05) is 19.1 Å². The van der Waals surface area contributed by atoms with Crippen molar-refractivity contribution < 1.29 is 9.90 Å². The van der Waals surface area contributed by atoms with E-state index in [-0.39, 0.29) is 5.91 Å². The molecule has 1 heterocycles. The number of benzene rings is 1. The summed E-state index contributed by atoms with van der Waals surface area (Å²) in [6, 6.07) is 7.90. The fourth-order valence-electron chi connectivity index (χ4n) is 2.53. The molecular weight excluding hydrogens is 240 g/mol. The molecule has 1 aromatic carbocycles. The minimum atomic E-state index is -0.429. The van der Waals surface area contributed by atoms with Crippen molar-refractivity contribution in [3.63, 3.8) is 0 Å². The normalized spacial score (nSPS) is 24.5. The van der Waals surface area contributed by atoms with Crippen LogP contribution >= 0.6 is 0 Å². The summed E-state index contributed by atoms with van der Waals surface area (Å²) in [5.41, 5.74) is 7.04. The zero-order valence-electron chi connectivity index (χ0n) is 11.6. The van der Waals surface area contributed by atoms with E-state index in [1.807, 2.05) is 38.1 Å². The maximum absolute atomic E-state index is 11.4. The molecule has 1 unspecified atom stereocenters. The number of anilines is 1. The Morgan fingerprint density at radius 3 is 2.58 bits per heavy atom. The van der Waals surface area contributed by atoms with E-state index in [2.05, 4.69) is 4.90 Å². The van der Waals surface area contributed by atoms with E-state index in [0.29, 0.717) is 13.0 Å². The molecule has 4 heteroatoms. The van der Waals surface area contributed by atoms with Crippen molar-refractivity contribution in [3.8, 4) is 0 Å². The molecule has 3 N–H and O–H groups in total. The van der Waals surface area contributed by atoms with Gasteiger partial charge >= 0.3 is 0 Å². The van der Waals surface area contributed by atoms with E-state index < -0.39 is 11.5 Å². The van der Waals surface area contributed by atoms with Gasteiger partial charge in [-0.15, -0.1) is 0 Å². The highest BCUT2D eigenvalue weighted by Crippen LogP contribution is 2.33. The molecule has 0 bridgehead atoms. The molecular formula is C15H22N2O2. The molecule has 0 radical (unpaired) electrons. The largest absolute Gasteiger partial charge is 0.388 e. The lowest BCUT2D eigenvalue weighted by molar-refractivity contribution is -0.125. The monoisotopic (exact) mass is 262 g/mol. The van der Waals surface area contributed by atoms with Crippen LogP contribution in [0.2, 0.25) is 0 Å². The first-order valence-corrected chi connectivity index (χ1v) is 6.79. The van der Waals surface area contributed by atoms with E-state index in [1.165, 1.54) is 0 Å². The lowest BCUT2D eigenvalue weighted by Crippen LogP contribution is -2.37. The molecule has 1 amide bonds. The summed E-state index contributed by atoms with van der Waals surface area (Å²) < 4.78 is 0. The summed E-state index contributed by atoms with van der Waals surface area (Å²) in [7, 11) is 0. The van der Waals surface area contributed by atoms with Gasteiger partial charge in [-0.05, 0) is 37.5 Å². The van der Waals surface area contributed by atoms with Crippen LogP contribution in [-0.4, -0.2) is 24.1 Å². The second kappa shape index (κ2) is 5.21. The molecule has 104 valence electrons. The summed E-state index contributed by atoms with van der Waals surface area (Å²) >= 11 is 0. The first-order valence-electron chi connectivity index (χ1n) is 6.79. The van der Waals surface area contributed by atoms with Crippen molar-refractivity contribution >= 4 is 11.6 Å². The summed E-state index contributed by atoms with van der Waals surface area (Å²) in [6.07, 6.45) is 1.10. The van der Waals surface area contributed by atoms with Crippen LogP contribution in [0, 0.1) is 5.41 Å². The molecule has 0 spiro atoms. The van der Waals surface area contributed by atoms with Gasteiger partial charge in [0.25, 0.3) is 0 Å². The molecule has 2 atom stereocenters. The summed E-state index contributed by atoms with van der Waals surface area (Å²) in [4.78, 5) is 13.6. The van der Waals surface area contributed by atoms with Gasteiger partial charge in [0.1, 0.15) is 0 Å². The number of hydrogen-bond acceptors (Lipinski definition) is 3. The fraction of sp³-hybridized carbons (Fsp3) is 0.533. The van der Waals surface area contributed by atoms with Gasteiger partial charge in [0.15, 0.2) is 0 Å². The van der Waals surface area contributed by atoms with E-state index in [4.69, 9.17) is 5.73 Å². The first-order chi connectivity index (χ1) is 8.96. The van der Waals surface area contributed by atoms with Crippen molar-refractivity contribution in [2.45, 2.75) is 32.8 Å². The van der Waals surface area contributed by atoms with Crippen molar-refractivity contribution in [1.82, 2.24) is 0 Å². The van der Waals surface area contributed by atoms with Crippen LogP contribution in [0.3, 0.4) is 0 Å². The quantitative estimate of drug-likeness (QED) is 0.870. The third-order valence-corrected chi connectivity index (χ3v) is 4.10. The number of amides is 1. The number of nitrogens with zero attached hydrogens (tertiary/aromatic N) is 1. The van der Waals surface area contributed by atoms with Crippen molar-refractivity contribution in [2.75, 3.05) is 18.0 Å². The Labute approximate surface area is 114 Å². The molecule has 4 nitrogen and oxygen atoms in total. The van der Waals surface area contributed by atoms with Crippen molar-refractivity contribution in [3.05, 3.63) is 29.8 Å². The standard InChI is InChI=1S/C15H22N2O2/c1-3-13(18)11-4-6-12(7-5-11)17-9-8-15(2,10-17)14(16)19/h4-7,13,18H,3,8-10H2,1-2H3,(H2,16,19)/t13-,15?/m0/s1. The van der Waals surface area contributed by atoms with E-state index in [1.54, 1.807) is 0 Å². The predicted molar refractivity (Wildman–Crippen MR) is 75.8 cm³/mol. The van der Waals surface area contributed by atoms with Gasteiger partial charge in [0.05, 0.1) is 11.5 Å². The lowest BCUT2D eigenvalue weighted by atomic mass is 9.89. The Morgan fingerprint density at radius 1 is 1.47 bits per heavy atom. The third-order valence-electron chi connectivity index (χ3n) is 4.10. The molecule has 1 fully saturated rings. The second-order valence-corrected chi connectivity index (χ2v) is 5.61. The zero-order valence-corrected chi connectivity index (χ0v) is 11.6. The minimum absolute atomic E-state index is 0.229. The Kier molecular flexibility index (Phi) is 3.80. The summed E-state index contributed by atoms with van der Waals surface area (Å²) in [6.45, 7) is 5.38. The first kappa shape index (κ1) is 13.9. The maximum atomic E-state index is 11.4. The Hall–Kier alpha value is -1.55. The SMILES string of the molecule is CC[C@H](O)c1ccc(N2CCC(C)(C(N)=O)C2)cc1. The Morgan fingerprint density at radius 2 is 2.11 bits per heavy atom. The topological polar surface area (TPSA) is 66.6 Å². The van der Waals surface area contributed by atoms with Gasteiger partial charge in [-0.3, -0.25) is 4.79 Å². The molecule has 0 aromatic heterocycles. The number of rotatable bonds is 4. The van der Waals surface area contributed by atoms with Crippen LogP contribution in [0.25, 0.3) is 0 Å². The molecule has 1 aromatic rings. The van der Waals surface area contributed by atoms with Gasteiger partial charge in [0.2, 0.25) is 5.91 Å². The number of aliphatic hydroxyl groups excluding tert-OH is 1. The molecule has 0 saturated carbocycles. The second-order valence-electron chi connectivity index (χ2n) is 5.61. The van der Waals surface area contributed by atoms with Gasteiger partial charge in [-0.25, -0.2) is 0 Å². The number of carbonyl (C=O) groups is 1. The smallest absolute Gasteiger partial charge is 0.225 e. The highest BCUT2D eigenvalue weighted by molar-refractivity contribution is 5.82. The van der Waals surface area contributed by atoms with Crippen molar-refractivity contribution in [1.29, 1.82) is 0 Å². The molecule has 0 aliphatic carbocycles. The highest BCUT2D eigenvalue weighted by atomic mass is 16.3. The number of nitrogens with two attached hydrogens (primary N) is 1. The number of aliphatic hydroxyl groups is 1. The lowest BCUT2D eigenvalue weighted by Gasteiger charge is -2.23. The average Bonchev–Trinajstić information content (AvgIpc) is 2.82. The van der Waals surface area contributed by atoms with E-state index >= 15 is 0 Å². The average molecular weight is 262 g/mol. The van der Waals surface area contributed by atoms with Crippen LogP contribution in [0.4, 0.5) is 5.69 Å². The van der Waals surface area contributed by atoms with Gasteiger partial charge in [-0.2, -0.15) is 0 Å². The zero-order chi connectivity index (χ0) is 14.0. The Bertz CT molecular complexity index is 458. The van der Waals surface area contributed by atoms with Crippen LogP contribution in [0.1, 0.15) is 38.4 Å². The number of primary amides is 1. The predicted octanol–water partition coefficient (Wildman–Crippen LogP) is 1.83. The van der Waals surface area contributed by atoms with Gasteiger partial charge in [0, 0.05) is 18.8 Å². The third kappa shape index (κ3) is 2.73. The molecule has 2 rings (SSSR count). The maximum Gasteiger partial charge on any atom is 0.225 e. The summed E-state index contributed by atoms with van der Waals surface area (Å²) in [5, 5.41) is 9.77. The van der Waals surface area contributed by atoms with Crippen LogP contribution in [0.15, 0.2) is 24.3 Å². The van der Waals surface area contributed by atoms with Crippen molar-refractivity contribution in [2.24, 2.45) is 11.1 Å². The van der Waals surface area contributed by atoms with Crippen LogP contribution in [-0.2, 0) is 4.79 Å². The highest BCUT2D eigenvalue weighted by Gasteiger charge is 2.38. The fourth-order valence-corrected chi connectivity index (χ4v) is 2.53. The molecule has 1 saturated heterocycles. The van der Waals surface area contributed by atoms with Gasteiger partial charge < -0.3 is 15.7 Å². The summed E-state index contributed by atoms with van der Waals surface area (Å²) in [5.74, 6) is -0.229. The number of carbonyl (C=O) groups excluding carboxylic acids is 1. The molecule has 1 aliphatic heterocycles. The number of hydrogen-bond donors (Lipinski definition) is 2. The van der Waals surface area contributed by atoms with Crippen LogP contribution in [0.5, 0.6) is 0 Å². The van der Waals surface area contributed by atoms with Crippen LogP contribution < -0.4 is 10.6 Å². The molecule has 1 aliphatic rings. The Balaban J connectivity index is 2.10. The van der Waals surface area contributed by atoms with E-state index in [0.717, 1.165) is 24.2 Å². The van der Waals surface area contributed by atoms with E-state index in [9.17, 15) is 9.90 Å².